The second-order valence-corrected chi connectivity index (χ2v) is 6.15. The third kappa shape index (κ3) is 3.39. The maximum Gasteiger partial charge on any atom is 0.253 e. The van der Waals surface area contributed by atoms with Crippen molar-refractivity contribution in [1.82, 2.24) is 0 Å². The molecule has 0 spiro atoms. The molecule has 2 aliphatic heterocycles. The fourth-order valence-electron chi connectivity index (χ4n) is 3.44. The number of phenolic OH excluding ortho intramolecular Hbond substituents is 2. The number of aromatic hydroxyl groups is 2. The fraction of sp³-hybridized carbons (Fsp3) is 0.375. The van der Waals surface area contributed by atoms with Crippen molar-refractivity contribution in [1.29, 1.82) is 0 Å². The van der Waals surface area contributed by atoms with E-state index in [2.05, 4.69) is 0 Å². The number of rotatable bonds is 4. The summed E-state index contributed by atoms with van der Waals surface area (Å²) < 4.78 is 0. The Hall–Kier alpha value is -3.30. The molecule has 138 valence electrons. The zero-order valence-corrected chi connectivity index (χ0v) is 13.9. The van der Waals surface area contributed by atoms with Crippen LogP contribution in [0.25, 0.3) is 0 Å². The summed E-state index contributed by atoms with van der Waals surface area (Å²) in [4.78, 5) is 23.6. The second kappa shape index (κ2) is 6.90. The van der Waals surface area contributed by atoms with Gasteiger partial charge in [0.25, 0.3) is 12.4 Å². The minimum absolute atomic E-state index is 0.152. The van der Waals surface area contributed by atoms with Crippen LogP contribution in [0.2, 0.25) is 0 Å². The molecule has 0 bridgehead atoms. The van der Waals surface area contributed by atoms with E-state index in [0.29, 0.717) is 50.2 Å². The molecule has 1 aromatic rings. The van der Waals surface area contributed by atoms with E-state index < -0.39 is 9.85 Å². The van der Waals surface area contributed by atoms with Crippen LogP contribution in [0, 0.1) is 20.2 Å². The Bertz CT molecular complexity index is 751. The average Bonchev–Trinajstić information content (AvgIpc) is 3.17. The molecule has 1 aromatic carbocycles. The summed E-state index contributed by atoms with van der Waals surface area (Å²) >= 11 is 0. The van der Waals surface area contributed by atoms with Gasteiger partial charge in [0, 0.05) is 25.2 Å². The Balaban J connectivity index is 1.97. The van der Waals surface area contributed by atoms with Crippen LogP contribution in [0.1, 0.15) is 25.7 Å². The average molecular weight is 362 g/mol. The zero-order valence-electron chi connectivity index (χ0n) is 13.9. The standard InChI is InChI=1S/C16H18N4O6/c21-15-8-14(18-6-2-4-12(18)10-20(25)26)16(22)7-13(15)17-5-1-3-11(17)9-19(23)24/h7-10,21-22H,1-6H2/b11-9-,12-10+. The number of hydrogen-bond acceptors (Lipinski definition) is 8. The number of benzene rings is 1. The van der Waals surface area contributed by atoms with Crippen molar-refractivity contribution < 1.29 is 20.1 Å². The third-order valence-corrected chi connectivity index (χ3v) is 4.48. The molecule has 3 rings (SSSR count). The molecule has 0 saturated carbocycles. The first-order valence-corrected chi connectivity index (χ1v) is 8.16. The lowest BCUT2D eigenvalue weighted by atomic mass is 10.2. The Labute approximate surface area is 148 Å². The van der Waals surface area contributed by atoms with Gasteiger partial charge in [-0.25, -0.2) is 0 Å². The summed E-state index contributed by atoms with van der Waals surface area (Å²) in [6.45, 7) is 0.977. The van der Waals surface area contributed by atoms with Gasteiger partial charge in [-0.1, -0.05) is 0 Å². The maximum absolute atomic E-state index is 10.8. The first-order valence-electron chi connectivity index (χ1n) is 8.16. The van der Waals surface area contributed by atoms with E-state index in [9.17, 15) is 30.4 Å². The molecule has 0 radical (unpaired) electrons. The number of anilines is 2. The van der Waals surface area contributed by atoms with E-state index in [1.807, 2.05) is 0 Å². The van der Waals surface area contributed by atoms with E-state index in [1.165, 1.54) is 12.1 Å². The molecule has 0 amide bonds. The summed E-state index contributed by atoms with van der Waals surface area (Å²) in [5.41, 5.74) is 1.45. The van der Waals surface area contributed by atoms with Crippen LogP contribution in [0.3, 0.4) is 0 Å². The smallest absolute Gasteiger partial charge is 0.253 e. The van der Waals surface area contributed by atoms with Gasteiger partial charge in [-0.15, -0.1) is 0 Å². The normalized spacial score (nSPS) is 20.3. The predicted molar refractivity (Wildman–Crippen MR) is 93.1 cm³/mol. The third-order valence-electron chi connectivity index (χ3n) is 4.48. The highest BCUT2D eigenvalue weighted by atomic mass is 16.6. The van der Waals surface area contributed by atoms with Crippen molar-refractivity contribution in [3.05, 3.63) is 56.2 Å². The Kier molecular flexibility index (Phi) is 4.65. The lowest BCUT2D eigenvalue weighted by Gasteiger charge is -2.24. The summed E-state index contributed by atoms with van der Waals surface area (Å²) in [5.74, 6) is -0.303. The molecule has 10 heteroatoms. The summed E-state index contributed by atoms with van der Waals surface area (Å²) in [5, 5.41) is 42.4. The molecule has 0 aliphatic carbocycles. The van der Waals surface area contributed by atoms with E-state index in [-0.39, 0.29) is 22.9 Å². The molecule has 2 heterocycles. The van der Waals surface area contributed by atoms with Crippen LogP contribution in [0.4, 0.5) is 11.4 Å². The Morgan fingerprint density at radius 1 is 0.846 bits per heavy atom. The minimum Gasteiger partial charge on any atom is -0.506 e. The number of hydrogen-bond donors (Lipinski definition) is 2. The van der Waals surface area contributed by atoms with Crippen LogP contribution in [0.5, 0.6) is 11.5 Å². The molecular weight excluding hydrogens is 344 g/mol. The number of phenols is 2. The Morgan fingerprint density at radius 3 is 1.58 bits per heavy atom. The number of nitrogens with zero attached hydrogens (tertiary/aromatic N) is 4. The molecular formula is C16H18N4O6. The first-order chi connectivity index (χ1) is 12.4. The Morgan fingerprint density at radius 2 is 1.23 bits per heavy atom. The van der Waals surface area contributed by atoms with Crippen molar-refractivity contribution in [2.75, 3.05) is 22.9 Å². The van der Waals surface area contributed by atoms with E-state index in [1.54, 1.807) is 9.80 Å². The molecule has 2 aliphatic rings. The van der Waals surface area contributed by atoms with Crippen LogP contribution in [-0.2, 0) is 0 Å². The predicted octanol–water partition coefficient (Wildman–Crippen LogP) is 2.53. The summed E-state index contributed by atoms with van der Waals surface area (Å²) in [7, 11) is 0. The van der Waals surface area contributed by atoms with Gasteiger partial charge in [-0.3, -0.25) is 20.2 Å². The van der Waals surface area contributed by atoms with Crippen molar-refractivity contribution in [2.45, 2.75) is 25.7 Å². The number of nitro groups is 2. The SMILES string of the molecule is O=[N+]([O-])/C=C1/CCCN1c1cc(O)c(N2CCC/C2=C\[N+](=O)[O-])cc1O. The van der Waals surface area contributed by atoms with Gasteiger partial charge < -0.3 is 20.0 Å². The number of allylic oxidation sites excluding steroid dienone is 2. The zero-order chi connectivity index (χ0) is 18.8. The largest absolute Gasteiger partial charge is 0.506 e. The monoisotopic (exact) mass is 362 g/mol. The van der Waals surface area contributed by atoms with Crippen LogP contribution >= 0.6 is 0 Å². The second-order valence-electron chi connectivity index (χ2n) is 6.15. The molecule has 0 atom stereocenters. The lowest BCUT2D eigenvalue weighted by molar-refractivity contribution is -0.403. The van der Waals surface area contributed by atoms with E-state index in [4.69, 9.17) is 0 Å². The first kappa shape index (κ1) is 17.5. The van der Waals surface area contributed by atoms with Crippen LogP contribution in [0.15, 0.2) is 35.9 Å². The highest BCUT2D eigenvalue weighted by Gasteiger charge is 2.28. The fourth-order valence-corrected chi connectivity index (χ4v) is 3.44. The van der Waals surface area contributed by atoms with E-state index in [0.717, 1.165) is 12.4 Å². The lowest BCUT2D eigenvalue weighted by Crippen LogP contribution is -2.19. The highest BCUT2D eigenvalue weighted by molar-refractivity contribution is 5.75. The summed E-state index contributed by atoms with van der Waals surface area (Å²) in [6.07, 6.45) is 4.20. The molecule has 2 saturated heterocycles. The quantitative estimate of drug-likeness (QED) is 0.474. The highest BCUT2D eigenvalue weighted by Crippen LogP contribution is 2.44. The molecule has 26 heavy (non-hydrogen) atoms. The van der Waals surface area contributed by atoms with Gasteiger partial charge in [0.05, 0.1) is 32.6 Å². The molecule has 2 N–H and O–H groups in total. The molecule has 0 unspecified atom stereocenters. The molecule has 10 nitrogen and oxygen atoms in total. The van der Waals surface area contributed by atoms with Gasteiger partial charge in [-0.2, -0.15) is 0 Å². The molecule has 0 aromatic heterocycles. The van der Waals surface area contributed by atoms with Gasteiger partial charge in [0.15, 0.2) is 0 Å². The molecule has 2 fully saturated rings. The minimum atomic E-state index is -0.544. The summed E-state index contributed by atoms with van der Waals surface area (Å²) in [6, 6.07) is 2.68. The van der Waals surface area contributed by atoms with Crippen molar-refractivity contribution in [3.63, 3.8) is 0 Å². The topological polar surface area (TPSA) is 133 Å². The van der Waals surface area contributed by atoms with Gasteiger partial charge in [0.2, 0.25) is 0 Å². The van der Waals surface area contributed by atoms with Crippen LogP contribution < -0.4 is 9.80 Å². The van der Waals surface area contributed by atoms with Gasteiger partial charge in [-0.05, 0) is 25.7 Å². The van der Waals surface area contributed by atoms with Crippen molar-refractivity contribution in [2.24, 2.45) is 0 Å². The maximum atomic E-state index is 10.8. The van der Waals surface area contributed by atoms with E-state index >= 15 is 0 Å². The van der Waals surface area contributed by atoms with Crippen molar-refractivity contribution in [3.8, 4) is 11.5 Å². The van der Waals surface area contributed by atoms with Crippen LogP contribution in [-0.4, -0.2) is 33.1 Å². The van der Waals surface area contributed by atoms with Gasteiger partial charge >= 0.3 is 0 Å². The van der Waals surface area contributed by atoms with Crippen molar-refractivity contribution >= 4 is 11.4 Å². The van der Waals surface area contributed by atoms with Gasteiger partial charge in [0.1, 0.15) is 11.5 Å².